The van der Waals surface area contributed by atoms with Gasteiger partial charge in [0.1, 0.15) is 5.78 Å². The van der Waals surface area contributed by atoms with E-state index in [0.29, 0.717) is 12.8 Å². The van der Waals surface area contributed by atoms with Crippen molar-refractivity contribution in [3.63, 3.8) is 0 Å². The van der Waals surface area contributed by atoms with E-state index in [4.69, 9.17) is 0 Å². The predicted octanol–water partition coefficient (Wildman–Crippen LogP) is 2.88. The lowest BCUT2D eigenvalue weighted by Crippen LogP contribution is -2.54. The van der Waals surface area contributed by atoms with Gasteiger partial charge in [0.15, 0.2) is 0 Å². The first-order valence-corrected chi connectivity index (χ1v) is 6.44. The van der Waals surface area contributed by atoms with Gasteiger partial charge in [0.2, 0.25) is 0 Å². The Morgan fingerprint density at radius 2 is 2.18 bits per heavy atom. The van der Waals surface area contributed by atoms with Crippen LogP contribution in [0.1, 0.15) is 40.0 Å². The van der Waals surface area contributed by atoms with E-state index in [-0.39, 0.29) is 23.5 Å². The maximum atomic E-state index is 12.4. The van der Waals surface area contributed by atoms with Gasteiger partial charge >= 0.3 is 0 Å². The van der Waals surface area contributed by atoms with E-state index in [1.54, 1.807) is 0 Å². The quantitative estimate of drug-likeness (QED) is 0.708. The number of hydrogen-bond donors (Lipinski definition) is 1. The highest BCUT2D eigenvalue weighted by Crippen LogP contribution is 2.49. The molecule has 2 heteroatoms. The largest absolute Gasteiger partial charge is 0.389 e. The van der Waals surface area contributed by atoms with Gasteiger partial charge in [-0.1, -0.05) is 30.7 Å². The second-order valence-electron chi connectivity index (χ2n) is 5.99. The molecule has 0 radical (unpaired) electrons. The lowest BCUT2D eigenvalue weighted by atomic mass is 9.58. The van der Waals surface area contributed by atoms with Crippen molar-refractivity contribution in [3.05, 3.63) is 23.8 Å². The number of ketones is 1. The second-order valence-corrected chi connectivity index (χ2v) is 5.99. The molecular formula is C15H22O2. The fourth-order valence-electron chi connectivity index (χ4n) is 3.32. The molecule has 2 fully saturated rings. The number of rotatable bonds is 1. The monoisotopic (exact) mass is 234 g/mol. The highest BCUT2D eigenvalue weighted by molar-refractivity contribution is 5.88. The molecule has 0 unspecified atom stereocenters. The van der Waals surface area contributed by atoms with E-state index in [0.717, 1.165) is 17.6 Å². The average molecular weight is 234 g/mol. The minimum atomic E-state index is -0.827. The Kier molecular flexibility index (Phi) is 3.03. The number of carbonyl (C=O) groups excluding carboxylic acids is 1. The molecular weight excluding hydrogens is 212 g/mol. The maximum absolute atomic E-state index is 12.4. The van der Waals surface area contributed by atoms with Crippen LogP contribution in [-0.4, -0.2) is 16.5 Å². The Balaban J connectivity index is 2.38. The lowest BCUT2D eigenvalue weighted by molar-refractivity contribution is -0.146. The Bertz CT molecular complexity index is 390. The summed E-state index contributed by atoms with van der Waals surface area (Å²) in [6.07, 6.45) is 4.18. The van der Waals surface area contributed by atoms with Gasteiger partial charge < -0.3 is 5.11 Å². The lowest BCUT2D eigenvalue weighted by Gasteiger charge is -2.49. The number of carbonyl (C=O) groups is 1. The zero-order chi connectivity index (χ0) is 12.8. The van der Waals surface area contributed by atoms with Gasteiger partial charge in [-0.3, -0.25) is 4.79 Å². The van der Waals surface area contributed by atoms with Crippen molar-refractivity contribution in [2.75, 3.05) is 0 Å². The smallest absolute Gasteiger partial charge is 0.146 e. The van der Waals surface area contributed by atoms with Crippen LogP contribution in [0.3, 0.4) is 0 Å². The normalized spacial score (nSPS) is 41.3. The minimum Gasteiger partial charge on any atom is -0.389 e. The highest BCUT2D eigenvalue weighted by atomic mass is 16.3. The first-order valence-electron chi connectivity index (χ1n) is 6.44. The Labute approximate surface area is 103 Å². The van der Waals surface area contributed by atoms with Crippen LogP contribution in [0.4, 0.5) is 0 Å². The fraction of sp³-hybridized carbons (Fsp3) is 0.667. The van der Waals surface area contributed by atoms with Crippen LogP contribution in [0.2, 0.25) is 0 Å². The fourth-order valence-corrected chi connectivity index (χ4v) is 3.32. The van der Waals surface area contributed by atoms with E-state index in [9.17, 15) is 9.90 Å². The van der Waals surface area contributed by atoms with E-state index in [1.807, 2.05) is 26.8 Å². The molecule has 0 aromatic heterocycles. The van der Waals surface area contributed by atoms with Crippen molar-refractivity contribution < 1.29 is 9.90 Å². The average Bonchev–Trinajstić information content (AvgIpc) is 2.26. The third-order valence-corrected chi connectivity index (χ3v) is 4.41. The van der Waals surface area contributed by atoms with Crippen LogP contribution in [0.15, 0.2) is 23.8 Å². The van der Waals surface area contributed by atoms with Gasteiger partial charge in [0.05, 0.1) is 11.5 Å². The molecule has 0 aliphatic heterocycles. The first-order chi connectivity index (χ1) is 7.85. The molecule has 2 nitrogen and oxygen atoms in total. The van der Waals surface area contributed by atoms with E-state index >= 15 is 0 Å². The van der Waals surface area contributed by atoms with Crippen LogP contribution in [-0.2, 0) is 4.79 Å². The van der Waals surface area contributed by atoms with E-state index in [1.165, 1.54) is 0 Å². The Hall–Kier alpha value is -0.890. The van der Waals surface area contributed by atoms with Crippen molar-refractivity contribution in [1.29, 1.82) is 0 Å². The van der Waals surface area contributed by atoms with Crippen LogP contribution >= 0.6 is 0 Å². The predicted molar refractivity (Wildman–Crippen MR) is 68.5 cm³/mol. The van der Waals surface area contributed by atoms with Gasteiger partial charge in [0, 0.05) is 5.92 Å². The summed E-state index contributed by atoms with van der Waals surface area (Å²) in [5, 5.41) is 10.7. The highest BCUT2D eigenvalue weighted by Gasteiger charge is 2.52. The van der Waals surface area contributed by atoms with Crippen molar-refractivity contribution in [1.82, 2.24) is 0 Å². The molecule has 17 heavy (non-hydrogen) atoms. The molecule has 2 aliphatic carbocycles. The molecule has 0 amide bonds. The molecule has 0 spiro atoms. The van der Waals surface area contributed by atoms with Crippen molar-refractivity contribution in [2.45, 2.75) is 45.6 Å². The summed E-state index contributed by atoms with van der Waals surface area (Å²) >= 11 is 0. The minimum absolute atomic E-state index is 0.00340. The molecule has 4 atom stereocenters. The van der Waals surface area contributed by atoms with Crippen molar-refractivity contribution >= 4 is 5.78 Å². The Morgan fingerprint density at radius 1 is 1.53 bits per heavy atom. The second kappa shape index (κ2) is 4.09. The zero-order valence-electron chi connectivity index (χ0n) is 11.0. The van der Waals surface area contributed by atoms with Gasteiger partial charge in [-0.25, -0.2) is 0 Å². The molecule has 94 valence electrons. The maximum Gasteiger partial charge on any atom is 0.146 e. The first kappa shape index (κ1) is 12.6. The summed E-state index contributed by atoms with van der Waals surface area (Å²) in [6, 6.07) is 0. The SMILES string of the molecule is C=C1CC[C@]2(O)C[C@H]1[C@H](C)C(=O)[C@@H]2C=C(C)C. The van der Waals surface area contributed by atoms with Gasteiger partial charge in [0.25, 0.3) is 0 Å². The van der Waals surface area contributed by atoms with Gasteiger partial charge in [-0.2, -0.15) is 0 Å². The number of hydrogen-bond acceptors (Lipinski definition) is 2. The molecule has 0 aromatic rings. The summed E-state index contributed by atoms with van der Waals surface area (Å²) in [7, 11) is 0. The topological polar surface area (TPSA) is 37.3 Å². The molecule has 0 aromatic carbocycles. The van der Waals surface area contributed by atoms with Gasteiger partial charge in [-0.05, 0) is 39.0 Å². The summed E-state index contributed by atoms with van der Waals surface area (Å²) in [4.78, 5) is 12.4. The van der Waals surface area contributed by atoms with Crippen molar-refractivity contribution in [2.24, 2.45) is 17.8 Å². The standard InChI is InChI=1S/C15H22O2/c1-9(2)7-13-14(16)11(4)12-8-15(13,17)6-5-10(12)3/h7,11-13,17H,3,5-6,8H2,1-2,4H3/t11-,12+,13-,15-/m0/s1. The number of allylic oxidation sites excluding steroid dienone is 2. The number of aliphatic hydroxyl groups is 1. The molecule has 0 heterocycles. The van der Waals surface area contributed by atoms with Gasteiger partial charge in [-0.15, -0.1) is 0 Å². The summed E-state index contributed by atoms with van der Waals surface area (Å²) < 4.78 is 0. The summed E-state index contributed by atoms with van der Waals surface area (Å²) in [5.41, 5.74) is 1.42. The van der Waals surface area contributed by atoms with Crippen LogP contribution < -0.4 is 0 Å². The molecule has 0 saturated heterocycles. The third-order valence-electron chi connectivity index (χ3n) is 4.41. The molecule has 1 N–H and O–H groups in total. The van der Waals surface area contributed by atoms with Crippen LogP contribution in [0.25, 0.3) is 0 Å². The van der Waals surface area contributed by atoms with Crippen LogP contribution in [0, 0.1) is 17.8 Å². The molecule has 2 aliphatic rings. The Morgan fingerprint density at radius 3 is 2.76 bits per heavy atom. The zero-order valence-corrected chi connectivity index (χ0v) is 11.0. The molecule has 2 rings (SSSR count). The van der Waals surface area contributed by atoms with Crippen LogP contribution in [0.5, 0.6) is 0 Å². The third kappa shape index (κ3) is 1.99. The molecule has 2 bridgehead atoms. The van der Waals surface area contributed by atoms with E-state index < -0.39 is 5.60 Å². The number of fused-ring (bicyclic) bond motifs is 2. The summed E-state index contributed by atoms with van der Waals surface area (Å²) in [6.45, 7) is 10.0. The number of Topliss-reactive ketones (excluding diaryl/α,β-unsaturated/α-hetero) is 1. The summed E-state index contributed by atoms with van der Waals surface area (Å²) in [5.74, 6) is 0.0596. The van der Waals surface area contributed by atoms with E-state index in [2.05, 4.69) is 6.58 Å². The molecule has 2 saturated carbocycles. The van der Waals surface area contributed by atoms with Crippen molar-refractivity contribution in [3.8, 4) is 0 Å².